The Balaban J connectivity index is 1.29. The summed E-state index contributed by atoms with van der Waals surface area (Å²) in [5.74, 6) is 0.138. The maximum atomic E-state index is 12.7. The van der Waals surface area contributed by atoms with Crippen LogP contribution in [0.5, 0.6) is 0 Å². The van der Waals surface area contributed by atoms with Crippen LogP contribution >= 0.6 is 0 Å². The Morgan fingerprint density at radius 3 is 2.21 bits per heavy atom. The van der Waals surface area contributed by atoms with E-state index in [4.69, 9.17) is 0 Å². The zero-order chi connectivity index (χ0) is 20.2. The largest absolute Gasteiger partial charge is 0.368 e. The molecule has 0 radical (unpaired) electrons. The average Bonchev–Trinajstić information content (AvgIpc) is 3.29. The molecule has 3 aliphatic rings. The lowest BCUT2D eigenvalue weighted by Gasteiger charge is -2.38. The number of carbonyl (C=O) groups excluding carboxylic acids is 2. The standard InChI is InChI=1S/C22H33N5O2/c1-18(28)24-9-11-26(12-10-24)21-8-4-5-19(17-21)23-22(29)27-15-13-25(14-16-27)20-6-2-3-7-20/h4-5,8,17,20H,2-3,6-7,9-16H2,1H3,(H,23,29). The van der Waals surface area contributed by atoms with Gasteiger partial charge in [-0.15, -0.1) is 0 Å². The summed E-state index contributed by atoms with van der Waals surface area (Å²) in [6.07, 6.45) is 5.34. The molecule has 7 heteroatoms. The van der Waals surface area contributed by atoms with Gasteiger partial charge in [0.25, 0.3) is 0 Å². The van der Waals surface area contributed by atoms with E-state index in [1.165, 1.54) is 25.7 Å². The van der Waals surface area contributed by atoms with E-state index in [9.17, 15) is 9.59 Å². The van der Waals surface area contributed by atoms with Crippen molar-refractivity contribution in [3.63, 3.8) is 0 Å². The van der Waals surface area contributed by atoms with E-state index in [1.807, 2.05) is 28.0 Å². The van der Waals surface area contributed by atoms with Crippen molar-refractivity contribution in [2.45, 2.75) is 38.6 Å². The number of anilines is 2. The fourth-order valence-corrected chi connectivity index (χ4v) is 4.82. The van der Waals surface area contributed by atoms with Crippen LogP contribution < -0.4 is 10.2 Å². The molecule has 1 aliphatic carbocycles. The third kappa shape index (κ3) is 4.83. The summed E-state index contributed by atoms with van der Waals surface area (Å²) in [6, 6.07) is 8.77. The van der Waals surface area contributed by atoms with Crippen LogP contribution in [0, 0.1) is 0 Å². The molecular formula is C22H33N5O2. The van der Waals surface area contributed by atoms with Gasteiger partial charge in [-0.1, -0.05) is 18.9 Å². The van der Waals surface area contributed by atoms with Crippen molar-refractivity contribution < 1.29 is 9.59 Å². The molecule has 0 aromatic heterocycles. The van der Waals surface area contributed by atoms with Crippen LogP contribution in [0.3, 0.4) is 0 Å². The van der Waals surface area contributed by atoms with Crippen LogP contribution in [0.25, 0.3) is 0 Å². The third-order valence-corrected chi connectivity index (χ3v) is 6.63. The lowest BCUT2D eigenvalue weighted by molar-refractivity contribution is -0.129. The molecule has 1 aromatic carbocycles. The topological polar surface area (TPSA) is 59.1 Å². The molecule has 1 saturated carbocycles. The predicted molar refractivity (Wildman–Crippen MR) is 115 cm³/mol. The van der Waals surface area contributed by atoms with Gasteiger partial charge in [0.15, 0.2) is 0 Å². The number of benzene rings is 1. The van der Waals surface area contributed by atoms with Crippen molar-refractivity contribution in [3.05, 3.63) is 24.3 Å². The van der Waals surface area contributed by atoms with Gasteiger partial charge in [0, 0.05) is 76.7 Å². The molecule has 4 rings (SSSR count). The number of rotatable bonds is 3. The van der Waals surface area contributed by atoms with Crippen LogP contribution in [0.4, 0.5) is 16.2 Å². The number of amides is 3. The van der Waals surface area contributed by atoms with Crippen LogP contribution in [0.15, 0.2) is 24.3 Å². The molecular weight excluding hydrogens is 366 g/mol. The predicted octanol–water partition coefficient (Wildman–Crippen LogP) is 2.45. The summed E-state index contributed by atoms with van der Waals surface area (Å²) >= 11 is 0. The minimum atomic E-state index is -0.00498. The van der Waals surface area contributed by atoms with E-state index in [0.29, 0.717) is 0 Å². The molecule has 2 aliphatic heterocycles. The van der Waals surface area contributed by atoms with E-state index in [1.54, 1.807) is 6.92 Å². The Kier molecular flexibility index (Phi) is 6.23. The highest BCUT2D eigenvalue weighted by atomic mass is 16.2. The number of nitrogens with zero attached hydrogens (tertiary/aromatic N) is 4. The van der Waals surface area contributed by atoms with Gasteiger partial charge in [-0.25, -0.2) is 4.79 Å². The Labute approximate surface area is 173 Å². The number of urea groups is 1. The van der Waals surface area contributed by atoms with Crippen molar-refractivity contribution in [3.8, 4) is 0 Å². The van der Waals surface area contributed by atoms with Gasteiger partial charge < -0.3 is 20.0 Å². The van der Waals surface area contributed by atoms with Crippen LogP contribution in [-0.4, -0.2) is 85.0 Å². The summed E-state index contributed by atoms with van der Waals surface area (Å²) in [6.45, 7) is 8.33. The van der Waals surface area contributed by atoms with Crippen molar-refractivity contribution in [1.29, 1.82) is 0 Å². The average molecular weight is 400 g/mol. The molecule has 7 nitrogen and oxygen atoms in total. The van der Waals surface area contributed by atoms with Crippen molar-refractivity contribution >= 4 is 23.3 Å². The Morgan fingerprint density at radius 2 is 1.55 bits per heavy atom. The lowest BCUT2D eigenvalue weighted by Crippen LogP contribution is -2.52. The Hall–Kier alpha value is -2.28. The maximum absolute atomic E-state index is 12.7. The van der Waals surface area contributed by atoms with Gasteiger partial charge in [0.2, 0.25) is 5.91 Å². The molecule has 1 N–H and O–H groups in total. The van der Waals surface area contributed by atoms with Gasteiger partial charge in [0.1, 0.15) is 0 Å². The highest BCUT2D eigenvalue weighted by molar-refractivity contribution is 5.90. The molecule has 2 saturated heterocycles. The molecule has 1 aromatic rings. The SMILES string of the molecule is CC(=O)N1CCN(c2cccc(NC(=O)N3CCN(C4CCCC4)CC3)c2)CC1. The number of piperazine rings is 2. The van der Waals surface area contributed by atoms with Gasteiger partial charge in [-0.3, -0.25) is 9.69 Å². The second kappa shape index (κ2) is 9.03. The smallest absolute Gasteiger partial charge is 0.321 e. The highest BCUT2D eigenvalue weighted by Crippen LogP contribution is 2.25. The van der Waals surface area contributed by atoms with Gasteiger partial charge in [-0.05, 0) is 31.0 Å². The Bertz CT molecular complexity index is 718. The molecule has 2 heterocycles. The first-order valence-corrected chi connectivity index (χ1v) is 11.0. The molecule has 0 bridgehead atoms. The summed E-state index contributed by atoms with van der Waals surface area (Å²) in [5, 5.41) is 3.08. The minimum Gasteiger partial charge on any atom is -0.368 e. The monoisotopic (exact) mass is 399 g/mol. The van der Waals surface area contributed by atoms with Gasteiger partial charge in [-0.2, -0.15) is 0 Å². The third-order valence-electron chi connectivity index (χ3n) is 6.63. The number of hydrogen-bond acceptors (Lipinski definition) is 4. The fraction of sp³-hybridized carbons (Fsp3) is 0.636. The maximum Gasteiger partial charge on any atom is 0.321 e. The fourth-order valence-electron chi connectivity index (χ4n) is 4.82. The summed E-state index contributed by atoms with van der Waals surface area (Å²) in [7, 11) is 0. The highest BCUT2D eigenvalue weighted by Gasteiger charge is 2.28. The quantitative estimate of drug-likeness (QED) is 0.848. The zero-order valence-corrected chi connectivity index (χ0v) is 17.5. The minimum absolute atomic E-state index is 0.00498. The molecule has 0 spiro atoms. The van der Waals surface area contributed by atoms with Crippen LogP contribution in [0.1, 0.15) is 32.6 Å². The number of hydrogen-bond donors (Lipinski definition) is 1. The van der Waals surface area contributed by atoms with Crippen LogP contribution in [-0.2, 0) is 4.79 Å². The molecule has 0 unspecified atom stereocenters. The second-order valence-electron chi connectivity index (χ2n) is 8.43. The first kappa shape index (κ1) is 20.0. The van der Waals surface area contributed by atoms with E-state index in [0.717, 1.165) is 69.8 Å². The first-order valence-electron chi connectivity index (χ1n) is 11.0. The lowest BCUT2D eigenvalue weighted by atomic mass is 10.2. The van der Waals surface area contributed by atoms with Crippen molar-refractivity contribution in [1.82, 2.24) is 14.7 Å². The molecule has 0 atom stereocenters. The zero-order valence-electron chi connectivity index (χ0n) is 17.5. The van der Waals surface area contributed by atoms with Gasteiger partial charge in [0.05, 0.1) is 0 Å². The molecule has 3 fully saturated rings. The van der Waals surface area contributed by atoms with E-state index >= 15 is 0 Å². The van der Waals surface area contributed by atoms with E-state index in [-0.39, 0.29) is 11.9 Å². The summed E-state index contributed by atoms with van der Waals surface area (Å²) in [5.41, 5.74) is 1.93. The number of carbonyl (C=O) groups is 2. The van der Waals surface area contributed by atoms with Crippen molar-refractivity contribution in [2.75, 3.05) is 62.6 Å². The Morgan fingerprint density at radius 1 is 0.897 bits per heavy atom. The molecule has 158 valence electrons. The van der Waals surface area contributed by atoms with E-state index < -0.39 is 0 Å². The van der Waals surface area contributed by atoms with Crippen molar-refractivity contribution in [2.24, 2.45) is 0 Å². The van der Waals surface area contributed by atoms with E-state index in [2.05, 4.69) is 21.2 Å². The normalized spacial score (nSPS) is 21.5. The first-order chi connectivity index (χ1) is 14.1. The molecule has 3 amide bonds. The molecule has 29 heavy (non-hydrogen) atoms. The second-order valence-corrected chi connectivity index (χ2v) is 8.43. The van der Waals surface area contributed by atoms with Crippen LogP contribution in [0.2, 0.25) is 0 Å². The van der Waals surface area contributed by atoms with Gasteiger partial charge >= 0.3 is 6.03 Å². The summed E-state index contributed by atoms with van der Waals surface area (Å²) < 4.78 is 0. The number of nitrogens with one attached hydrogen (secondary N) is 1. The summed E-state index contributed by atoms with van der Waals surface area (Å²) in [4.78, 5) is 32.9.